The summed E-state index contributed by atoms with van der Waals surface area (Å²) in [6.45, 7) is 3.37. The average Bonchev–Trinajstić information content (AvgIpc) is 3.12. The summed E-state index contributed by atoms with van der Waals surface area (Å²) in [5.41, 5.74) is 5.04. The molecule has 2 heterocycles. The Hall–Kier alpha value is -1.17. The Balaban J connectivity index is 1.85. The number of carbonyl (C=O) groups excluding carboxylic acids is 1. The molecule has 5 nitrogen and oxygen atoms in total. The summed E-state index contributed by atoms with van der Waals surface area (Å²) in [6, 6.07) is 1.92. The van der Waals surface area contributed by atoms with Crippen LogP contribution in [0.4, 0.5) is 5.82 Å². The number of nitrogens with two attached hydrogens (primary N) is 1. The Labute approximate surface area is 120 Å². The maximum absolute atomic E-state index is 11.5. The van der Waals surface area contributed by atoms with Crippen LogP contribution >= 0.6 is 15.9 Å². The molecule has 2 fully saturated rings. The molecule has 6 heteroatoms. The van der Waals surface area contributed by atoms with Gasteiger partial charge in [0.1, 0.15) is 16.2 Å². The second kappa shape index (κ2) is 4.44. The summed E-state index contributed by atoms with van der Waals surface area (Å²) >= 11 is 3.44. The average molecular weight is 325 g/mol. The largest absolute Gasteiger partial charge is 0.369 e. The normalized spacial score (nSPS) is 26.7. The van der Waals surface area contributed by atoms with Crippen molar-refractivity contribution in [2.75, 3.05) is 18.0 Å². The van der Waals surface area contributed by atoms with E-state index >= 15 is 0 Å². The minimum atomic E-state index is -0.447. The van der Waals surface area contributed by atoms with Gasteiger partial charge in [-0.15, -0.1) is 0 Å². The highest BCUT2D eigenvalue weighted by Gasteiger charge is 2.39. The lowest BCUT2D eigenvalue weighted by Gasteiger charge is -2.22. The molecule has 0 spiro atoms. The second-order valence-electron chi connectivity index (χ2n) is 5.78. The minimum Gasteiger partial charge on any atom is -0.369 e. The van der Waals surface area contributed by atoms with Crippen molar-refractivity contribution in [2.24, 2.45) is 11.1 Å². The van der Waals surface area contributed by atoms with Gasteiger partial charge >= 0.3 is 0 Å². The van der Waals surface area contributed by atoms with Crippen molar-refractivity contribution in [3.63, 3.8) is 0 Å². The number of amides is 1. The number of aromatic nitrogens is 2. The van der Waals surface area contributed by atoms with Crippen molar-refractivity contribution in [1.29, 1.82) is 0 Å². The fourth-order valence-electron chi connectivity index (χ4n) is 2.47. The first-order chi connectivity index (χ1) is 8.98. The number of anilines is 1. The lowest BCUT2D eigenvalue weighted by molar-refractivity contribution is -0.125. The first-order valence-corrected chi connectivity index (χ1v) is 7.36. The van der Waals surface area contributed by atoms with Crippen molar-refractivity contribution in [1.82, 2.24) is 9.97 Å². The summed E-state index contributed by atoms with van der Waals surface area (Å²) in [6.07, 6.45) is 3.13. The lowest BCUT2D eigenvalue weighted by atomic mass is 9.89. The van der Waals surface area contributed by atoms with E-state index in [0.29, 0.717) is 12.5 Å². The van der Waals surface area contributed by atoms with Crippen LogP contribution < -0.4 is 10.6 Å². The van der Waals surface area contributed by atoms with Gasteiger partial charge in [0.15, 0.2) is 0 Å². The van der Waals surface area contributed by atoms with Gasteiger partial charge in [-0.25, -0.2) is 9.97 Å². The number of hydrogen-bond donors (Lipinski definition) is 1. The molecule has 1 saturated carbocycles. The van der Waals surface area contributed by atoms with E-state index in [1.54, 1.807) is 0 Å². The Bertz CT molecular complexity index is 531. The summed E-state index contributed by atoms with van der Waals surface area (Å²) < 4.78 is 0.812. The van der Waals surface area contributed by atoms with Gasteiger partial charge in [0, 0.05) is 25.1 Å². The van der Waals surface area contributed by atoms with Crippen LogP contribution in [0.25, 0.3) is 0 Å². The van der Waals surface area contributed by atoms with Crippen LogP contribution in [-0.2, 0) is 4.79 Å². The third kappa shape index (κ3) is 2.45. The summed E-state index contributed by atoms with van der Waals surface area (Å²) in [5, 5.41) is 0. The maximum Gasteiger partial charge on any atom is 0.225 e. The molecule has 1 amide bonds. The highest BCUT2D eigenvalue weighted by Crippen LogP contribution is 2.40. The summed E-state index contributed by atoms with van der Waals surface area (Å²) in [4.78, 5) is 22.7. The highest BCUT2D eigenvalue weighted by molar-refractivity contribution is 9.10. The molecule has 102 valence electrons. The molecule has 19 heavy (non-hydrogen) atoms. The third-order valence-electron chi connectivity index (χ3n) is 4.03. The van der Waals surface area contributed by atoms with E-state index in [-0.39, 0.29) is 5.91 Å². The SMILES string of the molecule is CC1(C(N)=O)CCN(c2cc(Br)nc(C3CC3)n2)C1. The molecule has 1 saturated heterocycles. The van der Waals surface area contributed by atoms with E-state index in [0.717, 1.165) is 29.2 Å². The Morgan fingerprint density at radius 1 is 1.53 bits per heavy atom. The van der Waals surface area contributed by atoms with Crippen LogP contribution in [0.1, 0.15) is 37.9 Å². The summed E-state index contributed by atoms with van der Waals surface area (Å²) in [7, 11) is 0. The van der Waals surface area contributed by atoms with E-state index in [1.165, 1.54) is 12.8 Å². The fraction of sp³-hybridized carbons (Fsp3) is 0.615. The van der Waals surface area contributed by atoms with Crippen molar-refractivity contribution in [3.05, 3.63) is 16.5 Å². The quantitative estimate of drug-likeness (QED) is 0.861. The predicted molar refractivity (Wildman–Crippen MR) is 75.8 cm³/mol. The number of primary amides is 1. The zero-order chi connectivity index (χ0) is 13.6. The molecule has 2 aliphatic rings. The van der Waals surface area contributed by atoms with Gasteiger partial charge in [0.25, 0.3) is 0 Å². The standard InChI is InChI=1S/C13H17BrN4O/c1-13(12(15)19)4-5-18(7-13)10-6-9(14)16-11(17-10)8-2-3-8/h6,8H,2-5,7H2,1H3,(H2,15,19). The Morgan fingerprint density at radius 3 is 2.84 bits per heavy atom. The molecule has 0 aromatic carbocycles. The van der Waals surface area contributed by atoms with Gasteiger partial charge in [-0.2, -0.15) is 0 Å². The first kappa shape index (κ1) is 12.8. The molecule has 1 atom stereocenters. The monoisotopic (exact) mass is 324 g/mol. The molecule has 0 radical (unpaired) electrons. The van der Waals surface area contributed by atoms with Crippen LogP contribution in [0.2, 0.25) is 0 Å². The summed E-state index contributed by atoms with van der Waals surface area (Å²) in [5.74, 6) is 2.10. The molecular weight excluding hydrogens is 308 g/mol. The lowest BCUT2D eigenvalue weighted by Crippen LogP contribution is -2.37. The van der Waals surface area contributed by atoms with Gasteiger partial charge in [-0.05, 0) is 42.1 Å². The van der Waals surface area contributed by atoms with Crippen LogP contribution in [0.3, 0.4) is 0 Å². The zero-order valence-electron chi connectivity index (χ0n) is 10.9. The maximum atomic E-state index is 11.5. The first-order valence-electron chi connectivity index (χ1n) is 6.57. The number of carbonyl (C=O) groups is 1. The number of nitrogens with zero attached hydrogens (tertiary/aromatic N) is 3. The topological polar surface area (TPSA) is 72.1 Å². The molecule has 1 aliphatic carbocycles. The van der Waals surface area contributed by atoms with E-state index in [2.05, 4.69) is 30.8 Å². The number of halogens is 1. The molecule has 1 aromatic rings. The van der Waals surface area contributed by atoms with Crippen molar-refractivity contribution in [3.8, 4) is 0 Å². The van der Waals surface area contributed by atoms with E-state index in [1.807, 2.05) is 13.0 Å². The molecule has 1 aromatic heterocycles. The zero-order valence-corrected chi connectivity index (χ0v) is 12.5. The van der Waals surface area contributed by atoms with Crippen molar-refractivity contribution >= 4 is 27.7 Å². The number of hydrogen-bond acceptors (Lipinski definition) is 4. The molecule has 0 bridgehead atoms. The predicted octanol–water partition coefficient (Wildman–Crippen LogP) is 1.82. The van der Waals surface area contributed by atoms with E-state index in [4.69, 9.17) is 5.73 Å². The van der Waals surface area contributed by atoms with Gasteiger partial charge in [-0.1, -0.05) is 0 Å². The molecule has 2 N–H and O–H groups in total. The second-order valence-corrected chi connectivity index (χ2v) is 6.59. The van der Waals surface area contributed by atoms with Gasteiger partial charge in [0.2, 0.25) is 5.91 Å². The fourth-order valence-corrected chi connectivity index (χ4v) is 2.85. The van der Waals surface area contributed by atoms with Crippen LogP contribution in [0.15, 0.2) is 10.7 Å². The molecular formula is C13H17BrN4O. The molecule has 3 rings (SSSR count). The van der Waals surface area contributed by atoms with E-state index in [9.17, 15) is 4.79 Å². The van der Waals surface area contributed by atoms with Gasteiger partial charge in [0.05, 0.1) is 5.41 Å². The smallest absolute Gasteiger partial charge is 0.225 e. The van der Waals surface area contributed by atoms with Gasteiger partial charge in [-0.3, -0.25) is 4.79 Å². The van der Waals surface area contributed by atoms with Crippen LogP contribution in [-0.4, -0.2) is 29.0 Å². The molecule has 1 aliphatic heterocycles. The van der Waals surface area contributed by atoms with Crippen molar-refractivity contribution in [2.45, 2.75) is 32.1 Å². The highest BCUT2D eigenvalue weighted by atomic mass is 79.9. The number of rotatable bonds is 3. The molecule has 1 unspecified atom stereocenters. The van der Waals surface area contributed by atoms with Crippen LogP contribution in [0, 0.1) is 5.41 Å². The third-order valence-corrected chi connectivity index (χ3v) is 4.44. The van der Waals surface area contributed by atoms with E-state index < -0.39 is 5.41 Å². The van der Waals surface area contributed by atoms with Crippen LogP contribution in [0.5, 0.6) is 0 Å². The van der Waals surface area contributed by atoms with Crippen molar-refractivity contribution < 1.29 is 4.79 Å². The minimum absolute atomic E-state index is 0.231. The Kier molecular flexibility index (Phi) is 3.00. The van der Waals surface area contributed by atoms with Gasteiger partial charge < -0.3 is 10.6 Å². The Morgan fingerprint density at radius 2 is 2.26 bits per heavy atom.